The van der Waals surface area contributed by atoms with Crippen molar-refractivity contribution in [3.8, 4) is 0 Å². The fourth-order valence-corrected chi connectivity index (χ4v) is 2.58. The van der Waals surface area contributed by atoms with E-state index in [-0.39, 0.29) is 18.3 Å². The molecule has 6 nitrogen and oxygen atoms in total. The number of aliphatic imine (C=N–C) groups is 1. The SMILES string of the molecule is CCNC(=NCC(=O)Nc1cccc(F)c1)N(C)CC1CCOC1. The average molecular weight is 336 g/mol. The van der Waals surface area contributed by atoms with Gasteiger partial charge in [0.2, 0.25) is 5.91 Å². The number of carbonyl (C=O) groups excluding carboxylic acids is 1. The first-order chi connectivity index (χ1) is 11.6. The van der Waals surface area contributed by atoms with Crippen LogP contribution in [-0.2, 0) is 9.53 Å². The van der Waals surface area contributed by atoms with Gasteiger partial charge in [0.1, 0.15) is 12.4 Å². The van der Waals surface area contributed by atoms with Gasteiger partial charge in [-0.15, -0.1) is 0 Å². The van der Waals surface area contributed by atoms with Crippen LogP contribution in [0.15, 0.2) is 29.3 Å². The van der Waals surface area contributed by atoms with E-state index in [0.29, 0.717) is 17.6 Å². The number of anilines is 1. The van der Waals surface area contributed by atoms with E-state index >= 15 is 0 Å². The van der Waals surface area contributed by atoms with Crippen LogP contribution in [0.25, 0.3) is 0 Å². The second kappa shape index (κ2) is 9.22. The third kappa shape index (κ3) is 5.81. The number of benzene rings is 1. The minimum absolute atomic E-state index is 0.0235. The van der Waals surface area contributed by atoms with E-state index in [2.05, 4.69) is 15.6 Å². The second-order valence-corrected chi connectivity index (χ2v) is 5.84. The second-order valence-electron chi connectivity index (χ2n) is 5.84. The van der Waals surface area contributed by atoms with Crippen molar-refractivity contribution in [3.63, 3.8) is 0 Å². The van der Waals surface area contributed by atoms with Crippen molar-refractivity contribution in [1.29, 1.82) is 0 Å². The largest absolute Gasteiger partial charge is 0.381 e. The zero-order valence-corrected chi connectivity index (χ0v) is 14.2. The molecule has 24 heavy (non-hydrogen) atoms. The first-order valence-corrected chi connectivity index (χ1v) is 8.21. The molecular weight excluding hydrogens is 311 g/mol. The van der Waals surface area contributed by atoms with Crippen LogP contribution in [0.3, 0.4) is 0 Å². The fraction of sp³-hybridized carbons (Fsp3) is 0.529. The van der Waals surface area contributed by atoms with Crippen molar-refractivity contribution in [3.05, 3.63) is 30.1 Å². The Morgan fingerprint density at radius 2 is 2.33 bits per heavy atom. The van der Waals surface area contributed by atoms with Gasteiger partial charge in [0.05, 0.1) is 6.61 Å². The van der Waals surface area contributed by atoms with Crippen LogP contribution in [0.2, 0.25) is 0 Å². The van der Waals surface area contributed by atoms with Crippen LogP contribution in [0.4, 0.5) is 10.1 Å². The first-order valence-electron chi connectivity index (χ1n) is 8.21. The molecule has 0 saturated carbocycles. The van der Waals surface area contributed by atoms with Gasteiger partial charge in [-0.25, -0.2) is 9.38 Å². The lowest BCUT2D eigenvalue weighted by atomic mass is 10.1. The molecule has 1 aliphatic rings. The first kappa shape index (κ1) is 18.2. The lowest BCUT2D eigenvalue weighted by Crippen LogP contribution is -2.42. The summed E-state index contributed by atoms with van der Waals surface area (Å²) in [4.78, 5) is 18.4. The summed E-state index contributed by atoms with van der Waals surface area (Å²) in [6, 6.07) is 5.80. The van der Waals surface area contributed by atoms with Gasteiger partial charge in [-0.3, -0.25) is 4.79 Å². The minimum atomic E-state index is -0.386. The van der Waals surface area contributed by atoms with Crippen LogP contribution < -0.4 is 10.6 Å². The highest BCUT2D eigenvalue weighted by molar-refractivity contribution is 5.94. The number of guanidine groups is 1. The third-order valence-electron chi connectivity index (χ3n) is 3.73. The summed E-state index contributed by atoms with van der Waals surface area (Å²) in [6.45, 7) is 5.08. The third-order valence-corrected chi connectivity index (χ3v) is 3.73. The van der Waals surface area contributed by atoms with Crippen LogP contribution in [0, 0.1) is 11.7 Å². The van der Waals surface area contributed by atoms with E-state index in [1.165, 1.54) is 12.1 Å². The van der Waals surface area contributed by atoms with Crippen molar-refractivity contribution in [1.82, 2.24) is 10.2 Å². The summed E-state index contributed by atoms with van der Waals surface area (Å²) >= 11 is 0. The Labute approximate surface area is 142 Å². The molecule has 0 aliphatic carbocycles. The molecule has 0 aromatic heterocycles. The van der Waals surface area contributed by atoms with E-state index in [1.54, 1.807) is 12.1 Å². The lowest BCUT2D eigenvalue weighted by molar-refractivity contribution is -0.114. The number of rotatable bonds is 6. The van der Waals surface area contributed by atoms with E-state index in [0.717, 1.165) is 32.7 Å². The molecule has 1 atom stereocenters. The highest BCUT2D eigenvalue weighted by atomic mass is 19.1. The Balaban J connectivity index is 1.90. The smallest absolute Gasteiger partial charge is 0.246 e. The van der Waals surface area contributed by atoms with Crippen molar-refractivity contribution in [2.45, 2.75) is 13.3 Å². The van der Waals surface area contributed by atoms with Gasteiger partial charge >= 0.3 is 0 Å². The Morgan fingerprint density at radius 1 is 1.50 bits per heavy atom. The molecule has 1 aromatic rings. The molecule has 1 saturated heterocycles. The summed E-state index contributed by atoms with van der Waals surface area (Å²) in [5.74, 6) is 0.496. The maximum Gasteiger partial charge on any atom is 0.246 e. The molecule has 1 amide bonds. The van der Waals surface area contributed by atoms with Crippen molar-refractivity contribution >= 4 is 17.6 Å². The van der Waals surface area contributed by atoms with Crippen molar-refractivity contribution in [2.75, 3.05) is 45.2 Å². The molecule has 132 valence electrons. The molecule has 2 N–H and O–H groups in total. The maximum atomic E-state index is 13.1. The Morgan fingerprint density at radius 3 is 3.00 bits per heavy atom. The summed E-state index contributed by atoms with van der Waals surface area (Å²) in [7, 11) is 1.95. The van der Waals surface area contributed by atoms with Crippen LogP contribution >= 0.6 is 0 Å². The molecule has 0 radical (unpaired) electrons. The highest BCUT2D eigenvalue weighted by Crippen LogP contribution is 2.13. The predicted molar refractivity (Wildman–Crippen MR) is 92.6 cm³/mol. The van der Waals surface area contributed by atoms with Crippen molar-refractivity contribution < 1.29 is 13.9 Å². The van der Waals surface area contributed by atoms with Gasteiger partial charge in [-0.2, -0.15) is 0 Å². The zero-order valence-electron chi connectivity index (χ0n) is 14.2. The molecule has 0 spiro atoms. The maximum absolute atomic E-state index is 13.1. The molecule has 1 heterocycles. The molecule has 1 fully saturated rings. The zero-order chi connectivity index (χ0) is 17.4. The van der Waals surface area contributed by atoms with E-state index in [4.69, 9.17) is 4.74 Å². The summed E-state index contributed by atoms with van der Waals surface area (Å²) < 4.78 is 18.5. The monoisotopic (exact) mass is 336 g/mol. The summed E-state index contributed by atoms with van der Waals surface area (Å²) in [5, 5.41) is 5.82. The van der Waals surface area contributed by atoms with Gasteiger partial charge in [-0.05, 0) is 31.5 Å². The molecule has 7 heteroatoms. The van der Waals surface area contributed by atoms with E-state index in [1.807, 2.05) is 18.9 Å². The standard InChI is InChI=1S/C17H25FN4O2/c1-3-19-17(22(2)11-13-7-8-24-12-13)20-10-16(23)21-15-6-4-5-14(18)9-15/h4-6,9,13H,3,7-8,10-12H2,1-2H3,(H,19,20)(H,21,23). The highest BCUT2D eigenvalue weighted by Gasteiger charge is 2.19. The van der Waals surface area contributed by atoms with Gasteiger partial charge in [0, 0.05) is 38.3 Å². The average Bonchev–Trinajstić information content (AvgIpc) is 3.04. The number of hydrogen-bond acceptors (Lipinski definition) is 3. The summed E-state index contributed by atoms with van der Waals surface area (Å²) in [5.41, 5.74) is 0.427. The molecule has 2 rings (SSSR count). The Bertz CT molecular complexity index is 573. The van der Waals surface area contributed by atoms with E-state index in [9.17, 15) is 9.18 Å². The number of amides is 1. The molecule has 1 aromatic carbocycles. The number of halogens is 1. The number of nitrogens with zero attached hydrogens (tertiary/aromatic N) is 2. The number of nitrogens with one attached hydrogen (secondary N) is 2. The van der Waals surface area contributed by atoms with Gasteiger partial charge in [0.15, 0.2) is 5.96 Å². The van der Waals surface area contributed by atoms with E-state index < -0.39 is 0 Å². The fourth-order valence-electron chi connectivity index (χ4n) is 2.58. The van der Waals surface area contributed by atoms with Gasteiger partial charge < -0.3 is 20.3 Å². The molecular formula is C17H25FN4O2. The molecule has 1 aliphatic heterocycles. The number of hydrogen-bond donors (Lipinski definition) is 2. The normalized spacial score (nSPS) is 17.6. The topological polar surface area (TPSA) is 66.0 Å². The van der Waals surface area contributed by atoms with Crippen LogP contribution in [-0.4, -0.2) is 56.7 Å². The van der Waals surface area contributed by atoms with Gasteiger partial charge in [0.25, 0.3) is 0 Å². The molecule has 1 unspecified atom stereocenters. The lowest BCUT2D eigenvalue weighted by Gasteiger charge is -2.24. The predicted octanol–water partition coefficient (Wildman–Crippen LogP) is 1.70. The number of carbonyl (C=O) groups is 1. The summed E-state index contributed by atoms with van der Waals surface area (Å²) in [6.07, 6.45) is 1.05. The molecule has 0 bridgehead atoms. The van der Waals surface area contributed by atoms with Crippen LogP contribution in [0.5, 0.6) is 0 Å². The van der Waals surface area contributed by atoms with Gasteiger partial charge in [-0.1, -0.05) is 6.07 Å². The van der Waals surface area contributed by atoms with Crippen LogP contribution in [0.1, 0.15) is 13.3 Å². The Kier molecular flexibility index (Phi) is 6.99. The number of ether oxygens (including phenoxy) is 1. The Hall–Kier alpha value is -2.15. The van der Waals surface area contributed by atoms with Crippen molar-refractivity contribution in [2.24, 2.45) is 10.9 Å². The minimum Gasteiger partial charge on any atom is -0.381 e. The quantitative estimate of drug-likeness (QED) is 0.613.